The molecule has 0 amide bonds. The van der Waals surface area contributed by atoms with Crippen LogP contribution < -0.4 is 5.73 Å². The third kappa shape index (κ3) is 3.62. The van der Waals surface area contributed by atoms with E-state index in [1.807, 2.05) is 6.92 Å². The number of rotatable bonds is 9. The quantitative estimate of drug-likeness (QED) is 0.707. The lowest BCUT2D eigenvalue weighted by molar-refractivity contribution is 0.0923. The molecule has 4 nitrogen and oxygen atoms in total. The van der Waals surface area contributed by atoms with Crippen LogP contribution in [0.2, 0.25) is 0 Å². The van der Waals surface area contributed by atoms with Crippen molar-refractivity contribution in [1.29, 1.82) is 0 Å². The summed E-state index contributed by atoms with van der Waals surface area (Å²) in [4.78, 5) is 2.33. The first-order valence-electron chi connectivity index (χ1n) is 7.82. The molecule has 114 valence electrons. The maximum Gasteiger partial charge on any atom is 0.122 e. The van der Waals surface area contributed by atoms with Gasteiger partial charge in [-0.25, -0.2) is 0 Å². The van der Waals surface area contributed by atoms with Gasteiger partial charge in [-0.3, -0.25) is 4.90 Å². The van der Waals surface area contributed by atoms with Crippen LogP contribution in [0.3, 0.4) is 0 Å². The molecule has 0 radical (unpaired) electrons. The standard InChI is InChI=1S/C16H28N2O2/c1-4-18(8-9-19-5-2)14(11-17)16-7-6-15(20-16)13-10-12(13)3/h6-7,12-14H,4-5,8-11,17H2,1-3H3. The van der Waals surface area contributed by atoms with Crippen LogP contribution in [0.1, 0.15) is 50.7 Å². The highest BCUT2D eigenvalue weighted by Gasteiger charge is 2.37. The average Bonchev–Trinajstić information content (AvgIpc) is 3.00. The van der Waals surface area contributed by atoms with Crippen LogP contribution in [-0.4, -0.2) is 37.7 Å². The van der Waals surface area contributed by atoms with Gasteiger partial charge in [0.05, 0.1) is 12.6 Å². The topological polar surface area (TPSA) is 51.6 Å². The Morgan fingerprint density at radius 3 is 2.75 bits per heavy atom. The Morgan fingerprint density at radius 2 is 2.20 bits per heavy atom. The first kappa shape index (κ1) is 15.5. The molecule has 4 heteroatoms. The minimum absolute atomic E-state index is 0.156. The maximum absolute atomic E-state index is 6.06. The molecule has 3 atom stereocenters. The first-order chi connectivity index (χ1) is 9.71. The second-order valence-electron chi connectivity index (χ2n) is 5.64. The highest BCUT2D eigenvalue weighted by Crippen LogP contribution is 2.47. The van der Waals surface area contributed by atoms with Crippen molar-refractivity contribution < 1.29 is 9.15 Å². The summed E-state index contributed by atoms with van der Waals surface area (Å²) in [7, 11) is 0. The Hall–Kier alpha value is -0.840. The van der Waals surface area contributed by atoms with Crippen molar-refractivity contribution in [2.75, 3.05) is 32.8 Å². The van der Waals surface area contributed by atoms with Crippen molar-refractivity contribution in [3.63, 3.8) is 0 Å². The number of furan rings is 1. The maximum atomic E-state index is 6.06. The summed E-state index contributed by atoms with van der Waals surface area (Å²) in [5, 5.41) is 0. The van der Waals surface area contributed by atoms with Crippen LogP contribution in [0.5, 0.6) is 0 Å². The first-order valence-corrected chi connectivity index (χ1v) is 7.82. The van der Waals surface area contributed by atoms with Crippen molar-refractivity contribution in [1.82, 2.24) is 4.90 Å². The van der Waals surface area contributed by atoms with Gasteiger partial charge in [0, 0.05) is 25.6 Å². The summed E-state index contributed by atoms with van der Waals surface area (Å²) in [6.07, 6.45) is 1.25. The third-order valence-electron chi connectivity index (χ3n) is 4.25. The second-order valence-corrected chi connectivity index (χ2v) is 5.64. The molecule has 0 aromatic carbocycles. The lowest BCUT2D eigenvalue weighted by atomic mass is 10.2. The van der Waals surface area contributed by atoms with Crippen LogP contribution in [-0.2, 0) is 4.74 Å². The van der Waals surface area contributed by atoms with Crippen LogP contribution in [0.4, 0.5) is 0 Å². The van der Waals surface area contributed by atoms with Gasteiger partial charge in [-0.05, 0) is 37.9 Å². The van der Waals surface area contributed by atoms with Crippen molar-refractivity contribution in [3.05, 3.63) is 23.7 Å². The number of likely N-dealkylation sites (N-methyl/N-ethyl adjacent to an activating group) is 1. The van der Waals surface area contributed by atoms with Crippen molar-refractivity contribution in [2.45, 2.75) is 39.2 Å². The molecule has 1 saturated carbocycles. The van der Waals surface area contributed by atoms with E-state index in [0.717, 1.165) is 43.7 Å². The highest BCUT2D eigenvalue weighted by atomic mass is 16.5. The number of ether oxygens (including phenoxy) is 1. The number of nitrogens with two attached hydrogens (primary N) is 1. The smallest absolute Gasteiger partial charge is 0.122 e. The van der Waals surface area contributed by atoms with E-state index >= 15 is 0 Å². The van der Waals surface area contributed by atoms with Gasteiger partial charge in [0.25, 0.3) is 0 Å². The SMILES string of the molecule is CCOCCN(CC)C(CN)c1ccc(C2CC2C)o1. The summed E-state index contributed by atoms with van der Waals surface area (Å²) < 4.78 is 11.5. The minimum atomic E-state index is 0.156. The Kier molecular flexibility index (Phi) is 5.64. The van der Waals surface area contributed by atoms with Crippen LogP contribution >= 0.6 is 0 Å². The lowest BCUT2D eigenvalue weighted by Crippen LogP contribution is -2.35. The normalized spacial score (nSPS) is 23.2. The lowest BCUT2D eigenvalue weighted by Gasteiger charge is -2.28. The van der Waals surface area contributed by atoms with Crippen molar-refractivity contribution >= 4 is 0 Å². The molecule has 0 saturated heterocycles. The molecule has 3 unspecified atom stereocenters. The Morgan fingerprint density at radius 1 is 1.45 bits per heavy atom. The summed E-state index contributed by atoms with van der Waals surface area (Å²) in [6, 6.07) is 4.38. The fourth-order valence-electron chi connectivity index (χ4n) is 2.77. The van der Waals surface area contributed by atoms with Gasteiger partial charge in [-0.2, -0.15) is 0 Å². The molecular weight excluding hydrogens is 252 g/mol. The molecule has 0 bridgehead atoms. The summed E-state index contributed by atoms with van der Waals surface area (Å²) in [6.45, 7) is 10.4. The Bertz CT molecular complexity index is 405. The summed E-state index contributed by atoms with van der Waals surface area (Å²) >= 11 is 0. The fraction of sp³-hybridized carbons (Fsp3) is 0.750. The van der Waals surface area contributed by atoms with Gasteiger partial charge in [-0.1, -0.05) is 13.8 Å². The van der Waals surface area contributed by atoms with Crippen LogP contribution in [0.25, 0.3) is 0 Å². The number of nitrogens with zero attached hydrogens (tertiary/aromatic N) is 1. The molecule has 1 aliphatic carbocycles. The van der Waals surface area contributed by atoms with Gasteiger partial charge >= 0.3 is 0 Å². The molecule has 20 heavy (non-hydrogen) atoms. The van der Waals surface area contributed by atoms with Gasteiger partial charge in [0.1, 0.15) is 11.5 Å². The molecule has 0 spiro atoms. The molecule has 0 aliphatic heterocycles. The van der Waals surface area contributed by atoms with E-state index in [4.69, 9.17) is 14.9 Å². The molecular formula is C16H28N2O2. The molecule has 1 aromatic heterocycles. The molecule has 1 aliphatic rings. The number of hydrogen-bond acceptors (Lipinski definition) is 4. The zero-order valence-electron chi connectivity index (χ0n) is 13.0. The van der Waals surface area contributed by atoms with E-state index in [1.165, 1.54) is 6.42 Å². The van der Waals surface area contributed by atoms with Gasteiger partial charge in [0.15, 0.2) is 0 Å². The second kappa shape index (κ2) is 7.25. The largest absolute Gasteiger partial charge is 0.464 e. The Balaban J connectivity index is 1.99. The zero-order chi connectivity index (χ0) is 14.5. The highest BCUT2D eigenvalue weighted by molar-refractivity contribution is 5.19. The van der Waals surface area contributed by atoms with Crippen LogP contribution in [0, 0.1) is 5.92 Å². The van der Waals surface area contributed by atoms with Crippen molar-refractivity contribution in [2.24, 2.45) is 11.7 Å². The zero-order valence-corrected chi connectivity index (χ0v) is 13.0. The average molecular weight is 280 g/mol. The summed E-state index contributed by atoms with van der Waals surface area (Å²) in [5.41, 5.74) is 5.97. The van der Waals surface area contributed by atoms with Crippen molar-refractivity contribution in [3.8, 4) is 0 Å². The third-order valence-corrected chi connectivity index (χ3v) is 4.25. The molecule has 2 N–H and O–H groups in total. The predicted octanol–water partition coefficient (Wildman–Crippen LogP) is 2.76. The fourth-order valence-corrected chi connectivity index (χ4v) is 2.77. The van der Waals surface area contributed by atoms with Gasteiger partial charge in [0.2, 0.25) is 0 Å². The predicted molar refractivity (Wildman–Crippen MR) is 80.8 cm³/mol. The van der Waals surface area contributed by atoms with E-state index in [1.54, 1.807) is 0 Å². The monoisotopic (exact) mass is 280 g/mol. The van der Waals surface area contributed by atoms with E-state index in [-0.39, 0.29) is 6.04 Å². The van der Waals surface area contributed by atoms with Gasteiger partial charge < -0.3 is 14.9 Å². The summed E-state index contributed by atoms with van der Waals surface area (Å²) in [5.74, 6) is 3.53. The minimum Gasteiger partial charge on any atom is -0.464 e. The molecule has 1 fully saturated rings. The van der Waals surface area contributed by atoms with E-state index in [9.17, 15) is 0 Å². The van der Waals surface area contributed by atoms with Crippen LogP contribution in [0.15, 0.2) is 16.5 Å². The molecule has 1 heterocycles. The molecule has 1 aromatic rings. The van der Waals surface area contributed by atoms with Gasteiger partial charge in [-0.15, -0.1) is 0 Å². The van der Waals surface area contributed by atoms with E-state index < -0.39 is 0 Å². The molecule has 2 rings (SSSR count). The number of hydrogen-bond donors (Lipinski definition) is 1. The van der Waals surface area contributed by atoms with E-state index in [2.05, 4.69) is 30.9 Å². The van der Waals surface area contributed by atoms with E-state index in [0.29, 0.717) is 12.5 Å². The Labute approximate surface area is 122 Å².